The third kappa shape index (κ3) is 4.17. The minimum Gasteiger partial charge on any atom is -0.294 e. The first-order chi connectivity index (χ1) is 7.13. The number of benzene rings is 1. The smallest absolute Gasteiger partial charge is 0.162 e. The van der Waals surface area contributed by atoms with Crippen molar-refractivity contribution in [3.8, 4) is 0 Å². The molecule has 82 valence electrons. The van der Waals surface area contributed by atoms with Crippen molar-refractivity contribution in [2.45, 2.75) is 33.1 Å². The van der Waals surface area contributed by atoms with Crippen LogP contribution in [0.5, 0.6) is 0 Å². The third-order valence-corrected chi connectivity index (χ3v) is 3.26. The molecule has 0 aliphatic carbocycles. The molecule has 0 aromatic heterocycles. The number of carbonyl (C=O) groups excluding carboxylic acids is 1. The molecule has 0 saturated carbocycles. The molecule has 1 nitrogen and oxygen atoms in total. The molecular formula is C13H17BrO. The first-order valence-electron chi connectivity index (χ1n) is 5.42. The standard InChI is InChI=1S/C13H17BrO/c1-3-10(2)4-9-13(15)11-5-7-12(14)8-6-11/h5-8,10H,3-4,9H2,1-2H3/t10-/m1/s1. The van der Waals surface area contributed by atoms with Crippen LogP contribution in [0.4, 0.5) is 0 Å². The number of halogens is 1. The fourth-order valence-electron chi connectivity index (χ4n) is 1.36. The van der Waals surface area contributed by atoms with E-state index in [1.807, 2.05) is 24.3 Å². The van der Waals surface area contributed by atoms with Gasteiger partial charge in [-0.25, -0.2) is 0 Å². The van der Waals surface area contributed by atoms with Crippen LogP contribution in [0.2, 0.25) is 0 Å². The molecule has 1 aromatic carbocycles. The van der Waals surface area contributed by atoms with Gasteiger partial charge in [0.2, 0.25) is 0 Å². The fourth-order valence-corrected chi connectivity index (χ4v) is 1.63. The van der Waals surface area contributed by atoms with Gasteiger partial charge < -0.3 is 0 Å². The molecule has 0 unspecified atom stereocenters. The van der Waals surface area contributed by atoms with Gasteiger partial charge in [0.25, 0.3) is 0 Å². The van der Waals surface area contributed by atoms with Gasteiger partial charge in [0.15, 0.2) is 5.78 Å². The van der Waals surface area contributed by atoms with Crippen molar-refractivity contribution in [1.29, 1.82) is 0 Å². The van der Waals surface area contributed by atoms with Crippen molar-refractivity contribution in [1.82, 2.24) is 0 Å². The molecule has 1 rings (SSSR count). The highest BCUT2D eigenvalue weighted by Gasteiger charge is 2.07. The number of hydrogen-bond donors (Lipinski definition) is 0. The normalized spacial score (nSPS) is 12.5. The van der Waals surface area contributed by atoms with Crippen molar-refractivity contribution >= 4 is 21.7 Å². The molecule has 0 bridgehead atoms. The maximum absolute atomic E-state index is 11.8. The van der Waals surface area contributed by atoms with Gasteiger partial charge in [0.05, 0.1) is 0 Å². The monoisotopic (exact) mass is 268 g/mol. The summed E-state index contributed by atoms with van der Waals surface area (Å²) in [7, 11) is 0. The largest absolute Gasteiger partial charge is 0.294 e. The zero-order valence-corrected chi connectivity index (χ0v) is 10.9. The average Bonchev–Trinajstić information content (AvgIpc) is 2.26. The molecule has 2 heteroatoms. The summed E-state index contributed by atoms with van der Waals surface area (Å²) in [5.74, 6) is 0.896. The molecule has 0 heterocycles. The maximum atomic E-state index is 11.8. The van der Waals surface area contributed by atoms with Crippen molar-refractivity contribution in [2.75, 3.05) is 0 Å². The Bertz CT molecular complexity index is 316. The van der Waals surface area contributed by atoms with Gasteiger partial charge >= 0.3 is 0 Å². The van der Waals surface area contributed by atoms with Crippen LogP contribution >= 0.6 is 15.9 Å². The highest BCUT2D eigenvalue weighted by atomic mass is 79.9. The predicted octanol–water partition coefficient (Wildman–Crippen LogP) is 4.46. The number of hydrogen-bond acceptors (Lipinski definition) is 1. The summed E-state index contributed by atoms with van der Waals surface area (Å²) in [4.78, 5) is 11.8. The summed E-state index contributed by atoms with van der Waals surface area (Å²) in [6, 6.07) is 7.58. The second kappa shape index (κ2) is 6.06. The number of carbonyl (C=O) groups is 1. The third-order valence-electron chi connectivity index (χ3n) is 2.73. The summed E-state index contributed by atoms with van der Waals surface area (Å²) in [6.07, 6.45) is 2.80. The van der Waals surface area contributed by atoms with Crippen LogP contribution in [0.3, 0.4) is 0 Å². The van der Waals surface area contributed by atoms with Gasteiger partial charge in [-0.3, -0.25) is 4.79 Å². The van der Waals surface area contributed by atoms with Gasteiger partial charge in [0, 0.05) is 16.5 Å². The number of rotatable bonds is 5. The average molecular weight is 269 g/mol. The van der Waals surface area contributed by atoms with Crippen LogP contribution in [0.15, 0.2) is 28.7 Å². The van der Waals surface area contributed by atoms with Gasteiger partial charge in [-0.2, -0.15) is 0 Å². The van der Waals surface area contributed by atoms with Crippen molar-refractivity contribution < 1.29 is 4.79 Å². The Morgan fingerprint density at radius 3 is 2.47 bits per heavy atom. The highest BCUT2D eigenvalue weighted by Crippen LogP contribution is 2.15. The summed E-state index contributed by atoms with van der Waals surface area (Å²) in [5.41, 5.74) is 0.821. The molecule has 15 heavy (non-hydrogen) atoms. The summed E-state index contributed by atoms with van der Waals surface area (Å²) >= 11 is 3.36. The van der Waals surface area contributed by atoms with E-state index in [9.17, 15) is 4.79 Å². The summed E-state index contributed by atoms with van der Waals surface area (Å²) in [5, 5.41) is 0. The van der Waals surface area contributed by atoms with E-state index in [1.165, 1.54) is 0 Å². The number of ketones is 1. The lowest BCUT2D eigenvalue weighted by atomic mass is 9.98. The quantitative estimate of drug-likeness (QED) is 0.721. The molecule has 0 fully saturated rings. The van der Waals surface area contributed by atoms with Crippen LogP contribution in [0.1, 0.15) is 43.5 Å². The van der Waals surface area contributed by atoms with Gasteiger partial charge in [-0.15, -0.1) is 0 Å². The Kier molecular flexibility index (Phi) is 5.03. The molecular weight excluding hydrogens is 252 g/mol. The maximum Gasteiger partial charge on any atom is 0.162 e. The number of Topliss-reactive ketones (excluding diaryl/α,β-unsaturated/α-hetero) is 1. The molecule has 0 amide bonds. The minimum atomic E-state index is 0.253. The van der Waals surface area contributed by atoms with Crippen LogP contribution in [0, 0.1) is 5.92 Å². The predicted molar refractivity (Wildman–Crippen MR) is 67.2 cm³/mol. The zero-order chi connectivity index (χ0) is 11.3. The SMILES string of the molecule is CC[C@@H](C)CCC(=O)c1ccc(Br)cc1. The van der Waals surface area contributed by atoms with E-state index in [4.69, 9.17) is 0 Å². The van der Waals surface area contributed by atoms with E-state index in [1.54, 1.807) is 0 Å². The molecule has 0 radical (unpaired) electrons. The fraction of sp³-hybridized carbons (Fsp3) is 0.462. The Balaban J connectivity index is 2.50. The second-order valence-electron chi connectivity index (χ2n) is 3.98. The van der Waals surface area contributed by atoms with E-state index >= 15 is 0 Å². The van der Waals surface area contributed by atoms with Gasteiger partial charge in [0.1, 0.15) is 0 Å². The van der Waals surface area contributed by atoms with Gasteiger partial charge in [-0.05, 0) is 24.5 Å². The first-order valence-corrected chi connectivity index (χ1v) is 6.21. The minimum absolute atomic E-state index is 0.253. The van der Waals surface area contributed by atoms with Crippen molar-refractivity contribution in [3.05, 3.63) is 34.3 Å². The van der Waals surface area contributed by atoms with E-state index in [0.717, 1.165) is 22.9 Å². The second-order valence-corrected chi connectivity index (χ2v) is 4.90. The van der Waals surface area contributed by atoms with E-state index in [-0.39, 0.29) is 5.78 Å². The highest BCUT2D eigenvalue weighted by molar-refractivity contribution is 9.10. The first kappa shape index (κ1) is 12.4. The summed E-state index contributed by atoms with van der Waals surface area (Å²) < 4.78 is 1.01. The summed E-state index contributed by atoms with van der Waals surface area (Å²) in [6.45, 7) is 4.35. The van der Waals surface area contributed by atoms with E-state index in [0.29, 0.717) is 12.3 Å². The lowest BCUT2D eigenvalue weighted by Crippen LogP contribution is -2.02. The van der Waals surface area contributed by atoms with Crippen LogP contribution < -0.4 is 0 Å². The molecule has 1 aromatic rings. The molecule has 0 N–H and O–H groups in total. The Hall–Kier alpha value is -0.630. The lowest BCUT2D eigenvalue weighted by Gasteiger charge is -2.07. The molecule has 1 atom stereocenters. The van der Waals surface area contributed by atoms with Gasteiger partial charge in [-0.1, -0.05) is 48.3 Å². The van der Waals surface area contributed by atoms with Crippen molar-refractivity contribution in [3.63, 3.8) is 0 Å². The molecule has 0 spiro atoms. The molecule has 0 aliphatic heterocycles. The lowest BCUT2D eigenvalue weighted by molar-refractivity contribution is 0.0974. The van der Waals surface area contributed by atoms with Crippen molar-refractivity contribution in [2.24, 2.45) is 5.92 Å². The van der Waals surface area contributed by atoms with Crippen LogP contribution in [-0.4, -0.2) is 5.78 Å². The zero-order valence-electron chi connectivity index (χ0n) is 9.29. The van der Waals surface area contributed by atoms with E-state index in [2.05, 4.69) is 29.8 Å². The van der Waals surface area contributed by atoms with Crippen LogP contribution in [0.25, 0.3) is 0 Å². The molecule has 0 saturated heterocycles. The topological polar surface area (TPSA) is 17.1 Å². The Morgan fingerprint density at radius 2 is 1.93 bits per heavy atom. The Morgan fingerprint density at radius 1 is 1.33 bits per heavy atom. The molecule has 0 aliphatic rings. The van der Waals surface area contributed by atoms with E-state index < -0.39 is 0 Å². The Labute approximate surface area is 100 Å². The van der Waals surface area contributed by atoms with Crippen LogP contribution in [-0.2, 0) is 0 Å².